The number of rotatable bonds is 5. The summed E-state index contributed by atoms with van der Waals surface area (Å²) in [4.78, 5) is 2.71. The molecular formula is C18H28N2. The highest BCUT2D eigenvalue weighted by Crippen LogP contribution is 2.27. The average molecular weight is 272 g/mol. The van der Waals surface area contributed by atoms with E-state index in [0.29, 0.717) is 6.04 Å². The van der Waals surface area contributed by atoms with Crippen molar-refractivity contribution < 1.29 is 0 Å². The van der Waals surface area contributed by atoms with Crippen LogP contribution in [0.1, 0.15) is 44.6 Å². The highest BCUT2D eigenvalue weighted by molar-refractivity contribution is 5.14. The number of aryl methyl sites for hydroxylation is 1. The standard InChI is InChI=1S/C18H28N2/c1-15(10-11-16-7-3-2-4-8-16)19-17-12-14-20-13-6-5-9-18(17)20/h2-4,7-8,15,17-19H,5-6,9-14H2,1H3. The van der Waals surface area contributed by atoms with Gasteiger partial charge in [-0.1, -0.05) is 36.8 Å². The molecule has 0 saturated carbocycles. The van der Waals surface area contributed by atoms with Crippen LogP contribution in [0.3, 0.4) is 0 Å². The molecule has 3 atom stereocenters. The molecule has 2 aliphatic heterocycles. The molecule has 3 rings (SSSR count). The maximum atomic E-state index is 3.91. The Balaban J connectivity index is 1.45. The zero-order chi connectivity index (χ0) is 13.8. The average Bonchev–Trinajstić information content (AvgIpc) is 2.90. The van der Waals surface area contributed by atoms with Gasteiger partial charge in [-0.05, 0) is 51.1 Å². The van der Waals surface area contributed by atoms with Gasteiger partial charge >= 0.3 is 0 Å². The highest BCUT2D eigenvalue weighted by Gasteiger charge is 2.35. The molecule has 1 aromatic carbocycles. The predicted octanol–water partition coefficient (Wildman–Crippen LogP) is 3.22. The van der Waals surface area contributed by atoms with Gasteiger partial charge in [-0.15, -0.1) is 0 Å². The lowest BCUT2D eigenvalue weighted by Crippen LogP contribution is -2.47. The van der Waals surface area contributed by atoms with Crippen molar-refractivity contribution >= 4 is 0 Å². The van der Waals surface area contributed by atoms with Crippen molar-refractivity contribution in [3.05, 3.63) is 35.9 Å². The molecule has 0 aromatic heterocycles. The Kier molecular flexibility index (Phi) is 4.74. The Hall–Kier alpha value is -0.860. The summed E-state index contributed by atoms with van der Waals surface area (Å²) < 4.78 is 0. The lowest BCUT2D eigenvalue weighted by atomic mass is 9.97. The van der Waals surface area contributed by atoms with Crippen LogP contribution in [0.25, 0.3) is 0 Å². The minimum Gasteiger partial charge on any atom is -0.310 e. The molecule has 0 amide bonds. The van der Waals surface area contributed by atoms with Gasteiger partial charge in [0, 0.05) is 24.7 Å². The van der Waals surface area contributed by atoms with E-state index in [4.69, 9.17) is 0 Å². The van der Waals surface area contributed by atoms with Crippen molar-refractivity contribution in [1.82, 2.24) is 10.2 Å². The molecule has 0 spiro atoms. The molecule has 3 unspecified atom stereocenters. The summed E-state index contributed by atoms with van der Waals surface area (Å²) in [6, 6.07) is 13.1. The number of hydrogen-bond donors (Lipinski definition) is 1. The summed E-state index contributed by atoms with van der Waals surface area (Å²) in [7, 11) is 0. The monoisotopic (exact) mass is 272 g/mol. The molecule has 1 N–H and O–H groups in total. The summed E-state index contributed by atoms with van der Waals surface area (Å²) in [5, 5.41) is 3.91. The van der Waals surface area contributed by atoms with Gasteiger partial charge in [-0.2, -0.15) is 0 Å². The van der Waals surface area contributed by atoms with Gasteiger partial charge in [0.2, 0.25) is 0 Å². The third-order valence-corrected chi connectivity index (χ3v) is 5.06. The first-order chi connectivity index (χ1) is 9.83. The van der Waals surface area contributed by atoms with Crippen molar-refractivity contribution in [1.29, 1.82) is 0 Å². The first-order valence-corrected chi connectivity index (χ1v) is 8.37. The number of nitrogens with one attached hydrogen (secondary N) is 1. The number of fused-ring (bicyclic) bond motifs is 1. The van der Waals surface area contributed by atoms with E-state index in [2.05, 4.69) is 47.5 Å². The fourth-order valence-electron chi connectivity index (χ4n) is 3.92. The van der Waals surface area contributed by atoms with Crippen molar-refractivity contribution in [2.24, 2.45) is 0 Å². The molecule has 20 heavy (non-hydrogen) atoms. The van der Waals surface area contributed by atoms with Crippen molar-refractivity contribution in [2.45, 2.75) is 63.6 Å². The fraction of sp³-hybridized carbons (Fsp3) is 0.667. The molecule has 0 radical (unpaired) electrons. The van der Waals surface area contributed by atoms with Crippen LogP contribution in [-0.2, 0) is 6.42 Å². The fourth-order valence-corrected chi connectivity index (χ4v) is 3.92. The number of hydrogen-bond acceptors (Lipinski definition) is 2. The quantitative estimate of drug-likeness (QED) is 0.885. The Bertz CT molecular complexity index is 403. The molecule has 0 aliphatic carbocycles. The van der Waals surface area contributed by atoms with Crippen molar-refractivity contribution in [2.75, 3.05) is 13.1 Å². The molecule has 0 bridgehead atoms. The van der Waals surface area contributed by atoms with E-state index in [0.717, 1.165) is 12.1 Å². The highest BCUT2D eigenvalue weighted by atomic mass is 15.2. The summed E-state index contributed by atoms with van der Waals surface area (Å²) in [6.07, 6.45) is 8.03. The first-order valence-electron chi connectivity index (χ1n) is 8.37. The van der Waals surface area contributed by atoms with Crippen LogP contribution in [0.15, 0.2) is 30.3 Å². The van der Waals surface area contributed by atoms with Crippen LogP contribution < -0.4 is 5.32 Å². The molecule has 110 valence electrons. The molecule has 1 aromatic rings. The number of benzene rings is 1. The van der Waals surface area contributed by atoms with E-state index in [1.54, 1.807) is 0 Å². The maximum absolute atomic E-state index is 3.91. The lowest BCUT2D eigenvalue weighted by molar-refractivity contribution is 0.176. The van der Waals surface area contributed by atoms with Crippen molar-refractivity contribution in [3.63, 3.8) is 0 Å². The number of piperidine rings is 1. The lowest BCUT2D eigenvalue weighted by Gasteiger charge is -2.33. The van der Waals surface area contributed by atoms with Gasteiger partial charge in [0.05, 0.1) is 0 Å². The predicted molar refractivity (Wildman–Crippen MR) is 85.0 cm³/mol. The summed E-state index contributed by atoms with van der Waals surface area (Å²) in [5.74, 6) is 0. The third kappa shape index (κ3) is 3.42. The normalized spacial score (nSPS) is 28.2. The molecule has 2 nitrogen and oxygen atoms in total. The van der Waals surface area contributed by atoms with E-state index >= 15 is 0 Å². The molecule has 2 fully saturated rings. The van der Waals surface area contributed by atoms with Crippen molar-refractivity contribution in [3.8, 4) is 0 Å². The second-order valence-electron chi connectivity index (χ2n) is 6.59. The second kappa shape index (κ2) is 6.73. The van der Waals surface area contributed by atoms with Crippen LogP contribution in [0, 0.1) is 0 Å². The summed E-state index contributed by atoms with van der Waals surface area (Å²) in [5.41, 5.74) is 1.46. The van der Waals surface area contributed by atoms with Gasteiger partial charge in [0.1, 0.15) is 0 Å². The Morgan fingerprint density at radius 1 is 1.15 bits per heavy atom. The van der Waals surface area contributed by atoms with Crippen LogP contribution in [0.4, 0.5) is 0 Å². The van der Waals surface area contributed by atoms with Crippen LogP contribution >= 0.6 is 0 Å². The summed E-state index contributed by atoms with van der Waals surface area (Å²) in [6.45, 7) is 5.00. The van der Waals surface area contributed by atoms with E-state index in [-0.39, 0.29) is 0 Å². The Morgan fingerprint density at radius 3 is 2.85 bits per heavy atom. The van der Waals surface area contributed by atoms with E-state index in [1.165, 1.54) is 57.2 Å². The topological polar surface area (TPSA) is 15.3 Å². The van der Waals surface area contributed by atoms with Crippen LogP contribution in [0.5, 0.6) is 0 Å². The minimum absolute atomic E-state index is 0.627. The van der Waals surface area contributed by atoms with Crippen LogP contribution in [0.2, 0.25) is 0 Å². The minimum atomic E-state index is 0.627. The SMILES string of the molecule is CC(CCc1ccccc1)NC1CCN2CCCCC12. The first kappa shape index (κ1) is 14.1. The molecule has 2 heteroatoms. The zero-order valence-electron chi connectivity index (χ0n) is 12.7. The van der Waals surface area contributed by atoms with E-state index in [1.807, 2.05) is 0 Å². The third-order valence-electron chi connectivity index (χ3n) is 5.06. The number of nitrogens with zero attached hydrogens (tertiary/aromatic N) is 1. The van der Waals surface area contributed by atoms with Gasteiger partial charge in [0.25, 0.3) is 0 Å². The largest absolute Gasteiger partial charge is 0.310 e. The smallest absolute Gasteiger partial charge is 0.0249 e. The van der Waals surface area contributed by atoms with Crippen LogP contribution in [-0.4, -0.2) is 36.1 Å². The van der Waals surface area contributed by atoms with Gasteiger partial charge in [-0.25, -0.2) is 0 Å². The zero-order valence-corrected chi connectivity index (χ0v) is 12.7. The van der Waals surface area contributed by atoms with E-state index < -0.39 is 0 Å². The molecule has 2 saturated heterocycles. The maximum Gasteiger partial charge on any atom is 0.0249 e. The molecular weight excluding hydrogens is 244 g/mol. The Labute approximate surface area is 123 Å². The molecule has 2 heterocycles. The second-order valence-corrected chi connectivity index (χ2v) is 6.59. The van der Waals surface area contributed by atoms with Gasteiger partial charge in [-0.3, -0.25) is 4.90 Å². The molecule has 2 aliphatic rings. The summed E-state index contributed by atoms with van der Waals surface area (Å²) >= 11 is 0. The Morgan fingerprint density at radius 2 is 2.00 bits per heavy atom. The van der Waals surface area contributed by atoms with Gasteiger partial charge < -0.3 is 5.32 Å². The van der Waals surface area contributed by atoms with E-state index in [9.17, 15) is 0 Å². The van der Waals surface area contributed by atoms with Gasteiger partial charge in [0.15, 0.2) is 0 Å².